The van der Waals surface area contributed by atoms with Crippen LogP contribution in [0.15, 0.2) is 22.7 Å². The summed E-state index contributed by atoms with van der Waals surface area (Å²) in [6, 6.07) is 5.35. The van der Waals surface area contributed by atoms with E-state index in [0.717, 1.165) is 28.8 Å². The van der Waals surface area contributed by atoms with Gasteiger partial charge in [0.1, 0.15) is 12.4 Å². The Balaban J connectivity index is 2.24. The summed E-state index contributed by atoms with van der Waals surface area (Å²) < 4.78 is 8.75. The monoisotopic (exact) mass is 372 g/mol. The lowest BCUT2D eigenvalue weighted by molar-refractivity contribution is 0.254. The number of halogens is 2. The van der Waals surface area contributed by atoms with E-state index >= 15 is 0 Å². The maximum atomic E-state index is 9.40. The van der Waals surface area contributed by atoms with Crippen LogP contribution in [0.2, 0.25) is 5.02 Å². The largest absolute Gasteiger partial charge is 0.487 e. The fourth-order valence-electron chi connectivity index (χ4n) is 2.13. The molecule has 0 fully saturated rings. The first-order valence-electron chi connectivity index (χ1n) is 6.87. The van der Waals surface area contributed by atoms with E-state index in [1.165, 1.54) is 0 Å². The Morgan fingerprint density at radius 2 is 2.14 bits per heavy atom. The van der Waals surface area contributed by atoms with Gasteiger partial charge in [0.25, 0.3) is 0 Å². The Bertz CT molecular complexity index is 628. The summed E-state index contributed by atoms with van der Waals surface area (Å²) in [4.78, 5) is 0. The van der Waals surface area contributed by atoms with E-state index in [2.05, 4.69) is 28.0 Å². The molecule has 0 aliphatic carbocycles. The van der Waals surface area contributed by atoms with Crippen molar-refractivity contribution < 1.29 is 9.84 Å². The molecule has 6 heteroatoms. The van der Waals surface area contributed by atoms with Crippen LogP contribution in [0.4, 0.5) is 0 Å². The second-order valence-electron chi connectivity index (χ2n) is 4.54. The maximum absolute atomic E-state index is 9.40. The highest BCUT2D eigenvalue weighted by atomic mass is 79.9. The first kappa shape index (κ1) is 16.3. The average Bonchev–Trinajstić information content (AvgIpc) is 2.80. The summed E-state index contributed by atoms with van der Waals surface area (Å²) >= 11 is 9.65. The molecule has 0 amide bonds. The smallest absolute Gasteiger partial charge is 0.131 e. The van der Waals surface area contributed by atoms with Crippen molar-refractivity contribution in [1.29, 1.82) is 0 Å². The number of aliphatic hydroxyl groups is 1. The van der Waals surface area contributed by atoms with E-state index in [-0.39, 0.29) is 6.61 Å². The molecule has 1 aromatic carbocycles. The molecule has 2 aromatic rings. The highest BCUT2D eigenvalue weighted by Gasteiger charge is 2.15. The number of hydrogen-bond acceptors (Lipinski definition) is 3. The minimum atomic E-state index is -0.149. The molecule has 0 spiro atoms. The highest BCUT2D eigenvalue weighted by molar-refractivity contribution is 9.10. The normalized spacial score (nSPS) is 10.9. The molecular weight excluding hydrogens is 356 g/mol. The number of aromatic nitrogens is 2. The van der Waals surface area contributed by atoms with Crippen molar-refractivity contribution >= 4 is 27.5 Å². The molecule has 114 valence electrons. The quantitative estimate of drug-likeness (QED) is 0.834. The van der Waals surface area contributed by atoms with Crippen molar-refractivity contribution in [2.75, 3.05) is 0 Å². The molecular formula is C15H18BrClN2O2. The van der Waals surface area contributed by atoms with Crippen LogP contribution in [-0.2, 0) is 26.2 Å². The average molecular weight is 374 g/mol. The van der Waals surface area contributed by atoms with Crippen LogP contribution in [0.1, 0.15) is 30.8 Å². The van der Waals surface area contributed by atoms with Crippen molar-refractivity contribution in [1.82, 2.24) is 9.78 Å². The first-order chi connectivity index (χ1) is 10.1. The third kappa shape index (κ3) is 3.42. The van der Waals surface area contributed by atoms with Gasteiger partial charge in [0.2, 0.25) is 0 Å². The molecule has 0 unspecified atom stereocenters. The molecule has 0 atom stereocenters. The summed E-state index contributed by atoms with van der Waals surface area (Å²) in [5.41, 5.74) is 2.61. The molecule has 1 heterocycles. The van der Waals surface area contributed by atoms with E-state index in [1.807, 2.05) is 11.6 Å². The van der Waals surface area contributed by atoms with Crippen molar-refractivity contribution in [3.8, 4) is 5.75 Å². The molecule has 2 rings (SSSR count). The van der Waals surface area contributed by atoms with E-state index in [9.17, 15) is 5.11 Å². The number of nitrogens with zero attached hydrogens (tertiary/aromatic N) is 2. The zero-order chi connectivity index (χ0) is 15.4. The van der Waals surface area contributed by atoms with Crippen molar-refractivity contribution in [2.24, 2.45) is 0 Å². The van der Waals surface area contributed by atoms with Gasteiger partial charge in [-0.3, -0.25) is 4.68 Å². The van der Waals surface area contributed by atoms with Crippen molar-refractivity contribution in [3.05, 3.63) is 44.6 Å². The molecule has 1 N–H and O–H groups in total. The molecule has 0 aliphatic heterocycles. The lowest BCUT2D eigenvalue weighted by Gasteiger charge is -2.12. The van der Waals surface area contributed by atoms with Gasteiger partial charge in [0.15, 0.2) is 0 Å². The standard InChI is InChI=1S/C15H18BrClN2O2/c1-3-12-15(16)13(19(4-2)18-12)9-21-14-7-5-6-11(17)10(14)8-20/h5-7,20H,3-4,8-9H2,1-2H3. The molecule has 0 aliphatic rings. The maximum Gasteiger partial charge on any atom is 0.131 e. The van der Waals surface area contributed by atoms with Gasteiger partial charge in [-0.25, -0.2) is 0 Å². The van der Waals surface area contributed by atoms with Crippen molar-refractivity contribution in [2.45, 2.75) is 40.0 Å². The molecule has 0 radical (unpaired) electrons. The number of rotatable bonds is 6. The lowest BCUT2D eigenvalue weighted by Crippen LogP contribution is -2.07. The van der Waals surface area contributed by atoms with Crippen LogP contribution >= 0.6 is 27.5 Å². The van der Waals surface area contributed by atoms with Gasteiger partial charge >= 0.3 is 0 Å². The number of ether oxygens (including phenoxy) is 1. The predicted molar refractivity (Wildman–Crippen MR) is 86.7 cm³/mol. The van der Waals surface area contributed by atoms with Gasteiger partial charge in [0.05, 0.1) is 22.5 Å². The predicted octanol–water partition coefficient (Wildman–Crippen LogP) is 3.95. The number of aliphatic hydroxyl groups excluding tert-OH is 1. The zero-order valence-electron chi connectivity index (χ0n) is 12.1. The first-order valence-corrected chi connectivity index (χ1v) is 8.04. The fraction of sp³-hybridized carbons (Fsp3) is 0.400. The van der Waals surface area contributed by atoms with Gasteiger partial charge in [-0.15, -0.1) is 0 Å². The number of benzene rings is 1. The van der Waals surface area contributed by atoms with Crippen LogP contribution in [0.5, 0.6) is 5.75 Å². The van der Waals surface area contributed by atoms with Gasteiger partial charge in [-0.05, 0) is 41.4 Å². The second-order valence-corrected chi connectivity index (χ2v) is 5.74. The summed E-state index contributed by atoms with van der Waals surface area (Å²) in [5.74, 6) is 0.596. The topological polar surface area (TPSA) is 47.3 Å². The van der Waals surface area contributed by atoms with Crippen LogP contribution in [0, 0.1) is 0 Å². The van der Waals surface area contributed by atoms with Crippen LogP contribution < -0.4 is 4.74 Å². The third-order valence-electron chi connectivity index (χ3n) is 3.29. The van der Waals surface area contributed by atoms with Gasteiger partial charge in [0, 0.05) is 17.1 Å². The number of aryl methyl sites for hydroxylation is 2. The van der Waals surface area contributed by atoms with Crippen LogP contribution in [-0.4, -0.2) is 14.9 Å². The minimum absolute atomic E-state index is 0.149. The highest BCUT2D eigenvalue weighted by Crippen LogP contribution is 2.29. The minimum Gasteiger partial charge on any atom is -0.487 e. The number of hydrogen-bond donors (Lipinski definition) is 1. The van der Waals surface area contributed by atoms with Crippen LogP contribution in [0.3, 0.4) is 0 Å². The molecule has 4 nitrogen and oxygen atoms in total. The Kier molecular flexibility index (Phi) is 5.67. The van der Waals surface area contributed by atoms with E-state index in [1.54, 1.807) is 18.2 Å². The van der Waals surface area contributed by atoms with Crippen molar-refractivity contribution in [3.63, 3.8) is 0 Å². The summed E-state index contributed by atoms with van der Waals surface area (Å²) in [7, 11) is 0. The molecule has 0 saturated heterocycles. The van der Waals surface area contributed by atoms with Gasteiger partial charge in [-0.1, -0.05) is 24.6 Å². The summed E-state index contributed by atoms with van der Waals surface area (Å²) in [6.07, 6.45) is 0.861. The Hall–Kier alpha value is -1.04. The van der Waals surface area contributed by atoms with E-state index < -0.39 is 0 Å². The zero-order valence-corrected chi connectivity index (χ0v) is 14.4. The SMILES string of the molecule is CCc1nn(CC)c(COc2cccc(Cl)c2CO)c1Br. The third-order valence-corrected chi connectivity index (χ3v) is 4.56. The Morgan fingerprint density at radius 3 is 2.76 bits per heavy atom. The van der Waals surface area contributed by atoms with Gasteiger partial charge < -0.3 is 9.84 Å². The van der Waals surface area contributed by atoms with Crippen LogP contribution in [0.25, 0.3) is 0 Å². The second kappa shape index (κ2) is 7.29. The summed E-state index contributed by atoms with van der Waals surface area (Å²) in [6.45, 7) is 5.11. The van der Waals surface area contributed by atoms with E-state index in [4.69, 9.17) is 16.3 Å². The molecule has 0 saturated carbocycles. The fourth-order valence-corrected chi connectivity index (χ4v) is 3.03. The lowest BCUT2D eigenvalue weighted by atomic mass is 10.2. The van der Waals surface area contributed by atoms with E-state index in [0.29, 0.717) is 22.9 Å². The summed E-state index contributed by atoms with van der Waals surface area (Å²) in [5, 5.41) is 14.4. The molecule has 1 aromatic heterocycles. The molecule has 0 bridgehead atoms. The Labute approximate surface area is 137 Å². The van der Waals surface area contributed by atoms with Gasteiger partial charge in [-0.2, -0.15) is 5.10 Å². The Morgan fingerprint density at radius 1 is 1.38 bits per heavy atom. The molecule has 21 heavy (non-hydrogen) atoms.